The Hall–Kier alpha value is -2.85. The standard InChI is InChI=1S/C29H34N2O5S2/c1-29(2)27(28(32)33)31(18-19-37-29)38(34,35)25-14-12-23(13-15-25)22-10-8-21(9-11-22)20-30-17-16-24-6-4-5-7-26(24)36-3/h4-15,27,30H,16-20H2,1-3H3,(H,32,33). The molecular formula is C29H34N2O5S2. The molecule has 4 rings (SSSR count). The molecule has 0 aliphatic carbocycles. The summed E-state index contributed by atoms with van der Waals surface area (Å²) >= 11 is 1.48. The molecule has 0 radical (unpaired) electrons. The fraction of sp³-hybridized carbons (Fsp3) is 0.345. The molecule has 202 valence electrons. The Morgan fingerprint density at radius 3 is 2.32 bits per heavy atom. The zero-order chi connectivity index (χ0) is 27.3. The number of rotatable bonds is 10. The van der Waals surface area contributed by atoms with Gasteiger partial charge in [0.1, 0.15) is 11.8 Å². The highest BCUT2D eigenvalue weighted by molar-refractivity contribution is 8.00. The number of sulfonamides is 1. The Bertz CT molecular complexity index is 1360. The number of benzene rings is 3. The van der Waals surface area contributed by atoms with E-state index in [2.05, 4.69) is 23.5 Å². The van der Waals surface area contributed by atoms with Crippen molar-refractivity contribution in [3.63, 3.8) is 0 Å². The minimum absolute atomic E-state index is 0.103. The number of carboxylic acid groups (broad SMARTS) is 1. The minimum atomic E-state index is -3.95. The molecule has 3 aromatic rings. The zero-order valence-corrected chi connectivity index (χ0v) is 23.5. The molecular weight excluding hydrogens is 520 g/mol. The van der Waals surface area contributed by atoms with Crippen molar-refractivity contribution in [2.45, 2.75) is 42.5 Å². The summed E-state index contributed by atoms with van der Waals surface area (Å²) in [6.07, 6.45) is 0.873. The lowest BCUT2D eigenvalue weighted by atomic mass is 10.0. The monoisotopic (exact) mass is 554 g/mol. The molecule has 0 aromatic heterocycles. The van der Waals surface area contributed by atoms with Gasteiger partial charge in [-0.05, 0) is 67.3 Å². The molecule has 0 bridgehead atoms. The third-order valence-corrected chi connectivity index (χ3v) is 10.0. The third kappa shape index (κ3) is 6.23. The number of ether oxygens (including phenoxy) is 1. The maximum Gasteiger partial charge on any atom is 0.323 e. The highest BCUT2D eigenvalue weighted by Crippen LogP contribution is 2.38. The van der Waals surface area contributed by atoms with E-state index in [0.717, 1.165) is 46.3 Å². The van der Waals surface area contributed by atoms with Crippen LogP contribution in [0.25, 0.3) is 11.1 Å². The normalized spacial score (nSPS) is 17.7. The van der Waals surface area contributed by atoms with Gasteiger partial charge < -0.3 is 15.2 Å². The van der Waals surface area contributed by atoms with Crippen molar-refractivity contribution in [1.29, 1.82) is 0 Å². The first kappa shape index (κ1) is 28.2. The first-order valence-electron chi connectivity index (χ1n) is 12.5. The van der Waals surface area contributed by atoms with E-state index in [1.807, 2.05) is 30.3 Å². The molecule has 1 unspecified atom stereocenters. The van der Waals surface area contributed by atoms with Gasteiger partial charge in [0, 0.05) is 23.6 Å². The van der Waals surface area contributed by atoms with E-state index in [1.165, 1.54) is 17.3 Å². The summed E-state index contributed by atoms with van der Waals surface area (Å²) in [6, 6.07) is 21.7. The van der Waals surface area contributed by atoms with Crippen LogP contribution in [0.3, 0.4) is 0 Å². The quantitative estimate of drug-likeness (QED) is 0.352. The van der Waals surface area contributed by atoms with Crippen LogP contribution < -0.4 is 10.1 Å². The van der Waals surface area contributed by atoms with Crippen molar-refractivity contribution in [1.82, 2.24) is 9.62 Å². The van der Waals surface area contributed by atoms with Gasteiger partial charge in [-0.25, -0.2) is 8.42 Å². The van der Waals surface area contributed by atoms with E-state index in [9.17, 15) is 18.3 Å². The largest absolute Gasteiger partial charge is 0.496 e. The first-order valence-corrected chi connectivity index (χ1v) is 15.0. The Morgan fingerprint density at radius 2 is 1.68 bits per heavy atom. The number of nitrogens with one attached hydrogen (secondary N) is 1. The predicted octanol–water partition coefficient (Wildman–Crippen LogP) is 4.66. The van der Waals surface area contributed by atoms with Gasteiger partial charge in [0.15, 0.2) is 0 Å². The molecule has 0 amide bonds. The van der Waals surface area contributed by atoms with E-state index < -0.39 is 26.8 Å². The van der Waals surface area contributed by atoms with Crippen LogP contribution in [0.2, 0.25) is 0 Å². The second-order valence-corrected chi connectivity index (χ2v) is 13.4. The predicted molar refractivity (Wildman–Crippen MR) is 152 cm³/mol. The van der Waals surface area contributed by atoms with Crippen LogP contribution in [-0.2, 0) is 27.8 Å². The summed E-state index contributed by atoms with van der Waals surface area (Å²) in [5.74, 6) is 0.324. The van der Waals surface area contributed by atoms with Gasteiger partial charge in [-0.3, -0.25) is 4.79 Å². The smallest absolute Gasteiger partial charge is 0.323 e. The van der Waals surface area contributed by atoms with Gasteiger partial charge >= 0.3 is 5.97 Å². The minimum Gasteiger partial charge on any atom is -0.496 e. The van der Waals surface area contributed by atoms with E-state index in [4.69, 9.17) is 4.74 Å². The van der Waals surface area contributed by atoms with Crippen LogP contribution in [-0.4, -0.2) is 60.5 Å². The summed E-state index contributed by atoms with van der Waals surface area (Å²) in [6.45, 7) is 5.29. The number of thioether (sulfide) groups is 1. The molecule has 1 heterocycles. The van der Waals surface area contributed by atoms with E-state index >= 15 is 0 Å². The Morgan fingerprint density at radius 1 is 1.05 bits per heavy atom. The molecule has 38 heavy (non-hydrogen) atoms. The molecule has 1 fully saturated rings. The van der Waals surface area contributed by atoms with Gasteiger partial charge in [-0.1, -0.05) is 54.6 Å². The molecule has 1 saturated heterocycles. The highest BCUT2D eigenvalue weighted by Gasteiger charge is 2.48. The average Bonchev–Trinajstić information content (AvgIpc) is 2.91. The van der Waals surface area contributed by atoms with Crippen molar-refractivity contribution < 1.29 is 23.1 Å². The van der Waals surface area contributed by atoms with Crippen molar-refractivity contribution >= 4 is 27.8 Å². The Kier molecular flexibility index (Phi) is 8.82. The summed E-state index contributed by atoms with van der Waals surface area (Å²) in [5.41, 5.74) is 4.19. The fourth-order valence-electron chi connectivity index (χ4n) is 4.77. The summed E-state index contributed by atoms with van der Waals surface area (Å²) in [5, 5.41) is 13.2. The summed E-state index contributed by atoms with van der Waals surface area (Å²) < 4.78 is 32.6. The van der Waals surface area contributed by atoms with Crippen LogP contribution in [0.1, 0.15) is 25.0 Å². The number of nitrogens with zero attached hydrogens (tertiary/aromatic N) is 1. The van der Waals surface area contributed by atoms with Crippen molar-refractivity contribution in [2.75, 3.05) is 26.0 Å². The maximum atomic E-state index is 13.4. The van der Waals surface area contributed by atoms with Crippen LogP contribution in [0.15, 0.2) is 77.7 Å². The number of para-hydroxylation sites is 1. The van der Waals surface area contributed by atoms with E-state index in [0.29, 0.717) is 5.75 Å². The molecule has 3 aromatic carbocycles. The van der Waals surface area contributed by atoms with Crippen LogP contribution >= 0.6 is 11.8 Å². The van der Waals surface area contributed by atoms with Crippen LogP contribution in [0.5, 0.6) is 5.75 Å². The van der Waals surface area contributed by atoms with E-state index in [-0.39, 0.29) is 11.4 Å². The second-order valence-electron chi connectivity index (χ2n) is 9.77. The van der Waals surface area contributed by atoms with Crippen LogP contribution in [0.4, 0.5) is 0 Å². The van der Waals surface area contributed by atoms with Gasteiger partial charge in [0.05, 0.1) is 12.0 Å². The fourth-order valence-corrected chi connectivity index (χ4v) is 7.86. The number of carboxylic acids is 1. The average molecular weight is 555 g/mol. The Labute approximate surface area is 229 Å². The van der Waals surface area contributed by atoms with Gasteiger partial charge in [0.2, 0.25) is 10.0 Å². The molecule has 0 saturated carbocycles. The number of carbonyl (C=O) groups is 1. The lowest BCUT2D eigenvalue weighted by molar-refractivity contribution is -0.142. The Balaban J connectivity index is 1.39. The second kappa shape index (κ2) is 11.9. The molecule has 2 N–H and O–H groups in total. The van der Waals surface area contributed by atoms with Gasteiger partial charge in [-0.2, -0.15) is 16.1 Å². The first-order chi connectivity index (χ1) is 18.1. The molecule has 7 nitrogen and oxygen atoms in total. The molecule has 0 spiro atoms. The van der Waals surface area contributed by atoms with Gasteiger partial charge in [-0.15, -0.1) is 0 Å². The highest BCUT2D eigenvalue weighted by atomic mass is 32.2. The number of aliphatic carboxylic acids is 1. The third-order valence-electron chi connectivity index (χ3n) is 6.81. The topological polar surface area (TPSA) is 95.9 Å². The summed E-state index contributed by atoms with van der Waals surface area (Å²) in [4.78, 5) is 12.1. The molecule has 1 atom stereocenters. The lowest BCUT2D eigenvalue weighted by Gasteiger charge is -2.42. The zero-order valence-electron chi connectivity index (χ0n) is 21.9. The SMILES string of the molecule is COc1ccccc1CCNCc1ccc(-c2ccc(S(=O)(=O)N3CCSC(C)(C)C3C(=O)O)cc2)cc1. The van der Waals surface area contributed by atoms with Crippen molar-refractivity contribution in [3.05, 3.63) is 83.9 Å². The molecule has 1 aliphatic rings. The lowest BCUT2D eigenvalue weighted by Crippen LogP contribution is -2.58. The number of hydrogen-bond acceptors (Lipinski definition) is 6. The molecule has 1 aliphatic heterocycles. The maximum absolute atomic E-state index is 13.4. The number of hydrogen-bond donors (Lipinski definition) is 2. The van der Waals surface area contributed by atoms with Crippen molar-refractivity contribution in [3.8, 4) is 16.9 Å². The van der Waals surface area contributed by atoms with Gasteiger partial charge in [0.25, 0.3) is 0 Å². The molecule has 9 heteroatoms. The number of methoxy groups -OCH3 is 1. The van der Waals surface area contributed by atoms with E-state index in [1.54, 1.807) is 45.2 Å². The van der Waals surface area contributed by atoms with Crippen molar-refractivity contribution in [2.24, 2.45) is 0 Å². The van der Waals surface area contributed by atoms with Crippen LogP contribution in [0, 0.1) is 0 Å². The summed E-state index contributed by atoms with van der Waals surface area (Å²) in [7, 11) is -2.26.